The second-order valence-electron chi connectivity index (χ2n) is 6.62. The van der Waals surface area contributed by atoms with Gasteiger partial charge in [-0.15, -0.1) is 0 Å². The number of fused-ring (bicyclic) bond motifs is 1. The molecule has 0 saturated carbocycles. The van der Waals surface area contributed by atoms with E-state index in [1.54, 1.807) is 18.3 Å². The molecule has 0 saturated heterocycles. The molecule has 0 radical (unpaired) electrons. The van der Waals surface area contributed by atoms with E-state index in [1.807, 2.05) is 24.3 Å². The van der Waals surface area contributed by atoms with E-state index < -0.39 is 0 Å². The highest BCUT2D eigenvalue weighted by molar-refractivity contribution is 6.06. The van der Waals surface area contributed by atoms with Crippen molar-refractivity contribution in [2.75, 3.05) is 0 Å². The maximum absolute atomic E-state index is 12.1. The minimum Gasteiger partial charge on any atom is -0.328 e. The Morgan fingerprint density at radius 3 is 2.11 bits per heavy atom. The Kier molecular flexibility index (Phi) is 4.16. The molecule has 0 aliphatic rings. The van der Waals surface area contributed by atoms with Gasteiger partial charge in [-0.1, -0.05) is 54.1 Å². The van der Waals surface area contributed by atoms with Gasteiger partial charge in [-0.3, -0.25) is 9.59 Å². The molecule has 0 aliphatic heterocycles. The molecule has 0 unspecified atom stereocenters. The van der Waals surface area contributed by atoms with Gasteiger partial charge >= 0.3 is 0 Å². The maximum Gasteiger partial charge on any atom is 0.258 e. The van der Waals surface area contributed by atoms with Gasteiger partial charge in [0.1, 0.15) is 0 Å². The summed E-state index contributed by atoms with van der Waals surface area (Å²) < 4.78 is 0. The number of carbonyl (C=O) groups is 1. The number of aryl methyl sites for hydroxylation is 1. The van der Waals surface area contributed by atoms with Crippen LogP contribution in [0.1, 0.15) is 22.8 Å². The number of nitrogens with one attached hydrogen (secondary N) is 1. The normalized spacial score (nSPS) is 10.9. The Morgan fingerprint density at radius 2 is 1.48 bits per heavy atom. The number of benzene rings is 2. The van der Waals surface area contributed by atoms with Crippen molar-refractivity contribution >= 4 is 16.7 Å². The SMILES string of the molecule is CC(=O)c1cc(-c2ccc(-c3ccc(C)cc3)cc2)nc2cc[nH]c(=O)c12. The standard InChI is InChI=1S/C23H18N2O2/c1-14-3-5-16(6-4-14)17-7-9-18(10-8-17)21-13-19(15(2)26)22-20(25-21)11-12-24-23(22)27/h3-13H,1-2H3,(H,24,27). The van der Waals surface area contributed by atoms with Crippen LogP contribution in [-0.4, -0.2) is 15.8 Å². The smallest absolute Gasteiger partial charge is 0.258 e. The molecule has 4 rings (SSSR count). The third kappa shape index (κ3) is 3.17. The van der Waals surface area contributed by atoms with Gasteiger partial charge in [-0.2, -0.15) is 0 Å². The van der Waals surface area contributed by atoms with Crippen LogP contribution in [0.5, 0.6) is 0 Å². The van der Waals surface area contributed by atoms with Gasteiger partial charge in [0.15, 0.2) is 5.78 Å². The van der Waals surface area contributed by atoms with E-state index in [4.69, 9.17) is 0 Å². The molecule has 0 fully saturated rings. The van der Waals surface area contributed by atoms with Gasteiger partial charge in [0, 0.05) is 17.3 Å². The highest BCUT2D eigenvalue weighted by atomic mass is 16.1. The molecule has 2 aromatic heterocycles. The van der Waals surface area contributed by atoms with Crippen LogP contribution in [0.25, 0.3) is 33.3 Å². The van der Waals surface area contributed by atoms with E-state index >= 15 is 0 Å². The lowest BCUT2D eigenvalue weighted by Crippen LogP contribution is -2.10. The second kappa shape index (κ2) is 6.65. The second-order valence-corrected chi connectivity index (χ2v) is 6.62. The minimum atomic E-state index is -0.300. The number of rotatable bonds is 3. The Bertz CT molecular complexity index is 1200. The van der Waals surface area contributed by atoms with Gasteiger partial charge in [-0.05, 0) is 37.1 Å². The van der Waals surface area contributed by atoms with Crippen molar-refractivity contribution in [3.63, 3.8) is 0 Å². The largest absolute Gasteiger partial charge is 0.328 e. The summed E-state index contributed by atoms with van der Waals surface area (Å²) in [5.41, 5.74) is 5.67. The summed E-state index contributed by atoms with van der Waals surface area (Å²) in [4.78, 5) is 31.4. The van der Waals surface area contributed by atoms with Crippen LogP contribution < -0.4 is 5.56 Å². The number of H-pyrrole nitrogens is 1. The molecular weight excluding hydrogens is 336 g/mol. The molecule has 1 N–H and O–H groups in total. The first-order valence-electron chi connectivity index (χ1n) is 8.74. The first-order chi connectivity index (χ1) is 13.0. The zero-order valence-corrected chi connectivity index (χ0v) is 15.1. The predicted octanol–water partition coefficient (Wildman–Crippen LogP) is 4.77. The first-order valence-corrected chi connectivity index (χ1v) is 8.74. The number of hydrogen-bond donors (Lipinski definition) is 1. The van der Waals surface area contributed by atoms with Crippen LogP contribution in [0.15, 0.2) is 71.7 Å². The Morgan fingerprint density at radius 1 is 0.889 bits per heavy atom. The number of hydrogen-bond acceptors (Lipinski definition) is 3. The zero-order valence-electron chi connectivity index (χ0n) is 15.1. The average Bonchev–Trinajstić information content (AvgIpc) is 2.68. The summed E-state index contributed by atoms with van der Waals surface area (Å²) >= 11 is 0. The molecule has 4 heteroatoms. The van der Waals surface area contributed by atoms with Crippen LogP contribution in [0.2, 0.25) is 0 Å². The maximum atomic E-state index is 12.1. The number of nitrogens with zero attached hydrogens (tertiary/aromatic N) is 1. The number of ketones is 1. The Balaban J connectivity index is 1.81. The van der Waals surface area contributed by atoms with Crippen molar-refractivity contribution in [3.05, 3.63) is 88.3 Å². The van der Waals surface area contributed by atoms with E-state index in [0.717, 1.165) is 16.7 Å². The highest BCUT2D eigenvalue weighted by Gasteiger charge is 2.13. The summed E-state index contributed by atoms with van der Waals surface area (Å²) in [6.07, 6.45) is 1.55. The lowest BCUT2D eigenvalue weighted by molar-refractivity contribution is 0.101. The van der Waals surface area contributed by atoms with Crippen molar-refractivity contribution in [1.82, 2.24) is 9.97 Å². The van der Waals surface area contributed by atoms with Gasteiger partial charge in [0.25, 0.3) is 5.56 Å². The zero-order chi connectivity index (χ0) is 19.0. The average molecular weight is 354 g/mol. The van der Waals surface area contributed by atoms with Gasteiger partial charge in [-0.25, -0.2) is 4.98 Å². The van der Waals surface area contributed by atoms with Crippen molar-refractivity contribution in [2.24, 2.45) is 0 Å². The molecular formula is C23H18N2O2. The topological polar surface area (TPSA) is 62.8 Å². The minimum absolute atomic E-state index is 0.156. The van der Waals surface area contributed by atoms with Crippen molar-refractivity contribution in [3.8, 4) is 22.4 Å². The molecule has 0 aliphatic carbocycles. The lowest BCUT2D eigenvalue weighted by atomic mass is 9.99. The third-order valence-electron chi connectivity index (χ3n) is 4.67. The number of aromatic nitrogens is 2. The fourth-order valence-electron chi connectivity index (χ4n) is 3.20. The van der Waals surface area contributed by atoms with E-state index in [0.29, 0.717) is 22.2 Å². The van der Waals surface area contributed by atoms with Crippen LogP contribution >= 0.6 is 0 Å². The van der Waals surface area contributed by atoms with Crippen LogP contribution in [0.3, 0.4) is 0 Å². The summed E-state index contributed by atoms with van der Waals surface area (Å²) in [5, 5.41) is 0.338. The number of pyridine rings is 2. The molecule has 4 aromatic rings. The summed E-state index contributed by atoms with van der Waals surface area (Å²) in [6, 6.07) is 19.8. The van der Waals surface area contributed by atoms with Crippen molar-refractivity contribution in [1.29, 1.82) is 0 Å². The molecule has 0 spiro atoms. The predicted molar refractivity (Wildman–Crippen MR) is 108 cm³/mol. The van der Waals surface area contributed by atoms with Gasteiger partial charge in [0.2, 0.25) is 0 Å². The molecule has 0 atom stereocenters. The quantitative estimate of drug-likeness (QED) is 0.539. The van der Waals surface area contributed by atoms with Crippen molar-refractivity contribution < 1.29 is 4.79 Å². The summed E-state index contributed by atoms with van der Waals surface area (Å²) in [5.74, 6) is -0.156. The molecule has 4 nitrogen and oxygen atoms in total. The van der Waals surface area contributed by atoms with E-state index in [-0.39, 0.29) is 11.3 Å². The first kappa shape index (κ1) is 16.9. The van der Waals surface area contributed by atoms with Crippen molar-refractivity contribution in [2.45, 2.75) is 13.8 Å². The molecule has 27 heavy (non-hydrogen) atoms. The van der Waals surface area contributed by atoms with Gasteiger partial charge < -0.3 is 4.98 Å². The number of carbonyl (C=O) groups excluding carboxylic acids is 1. The fourth-order valence-corrected chi connectivity index (χ4v) is 3.20. The Hall–Kier alpha value is -3.53. The van der Waals surface area contributed by atoms with Gasteiger partial charge in [0.05, 0.1) is 16.6 Å². The third-order valence-corrected chi connectivity index (χ3v) is 4.67. The monoisotopic (exact) mass is 354 g/mol. The van der Waals surface area contributed by atoms with E-state index in [1.165, 1.54) is 12.5 Å². The summed E-state index contributed by atoms with van der Waals surface area (Å²) in [6.45, 7) is 3.53. The van der Waals surface area contributed by atoms with E-state index in [2.05, 4.69) is 41.2 Å². The Labute approximate surface area is 156 Å². The molecule has 2 heterocycles. The molecule has 2 aromatic carbocycles. The van der Waals surface area contributed by atoms with Crippen LogP contribution in [-0.2, 0) is 0 Å². The van der Waals surface area contributed by atoms with Crippen LogP contribution in [0, 0.1) is 6.92 Å². The van der Waals surface area contributed by atoms with E-state index in [9.17, 15) is 9.59 Å². The molecule has 0 bridgehead atoms. The number of aromatic amines is 1. The molecule has 0 amide bonds. The summed E-state index contributed by atoms with van der Waals surface area (Å²) in [7, 11) is 0. The fraction of sp³-hybridized carbons (Fsp3) is 0.0870. The molecule has 132 valence electrons. The van der Waals surface area contributed by atoms with Crippen LogP contribution in [0.4, 0.5) is 0 Å². The number of Topliss-reactive ketones (excluding diaryl/α,β-unsaturated/α-hetero) is 1. The highest BCUT2D eigenvalue weighted by Crippen LogP contribution is 2.26. The lowest BCUT2D eigenvalue weighted by Gasteiger charge is -2.08.